The topological polar surface area (TPSA) is 71.7 Å². The maximum absolute atomic E-state index is 12.1. The Morgan fingerprint density at radius 1 is 1.19 bits per heavy atom. The van der Waals surface area contributed by atoms with Gasteiger partial charge < -0.3 is 14.2 Å². The summed E-state index contributed by atoms with van der Waals surface area (Å²) in [7, 11) is 1.64. The Morgan fingerprint density at radius 3 is 2.50 bits per heavy atom. The van der Waals surface area contributed by atoms with Gasteiger partial charge in [-0.25, -0.2) is 0 Å². The summed E-state index contributed by atoms with van der Waals surface area (Å²) in [5.41, 5.74) is 0.893. The molecule has 2 aromatic rings. The number of nitrogens with zero attached hydrogens (tertiary/aromatic N) is 4. The van der Waals surface area contributed by atoms with Crippen molar-refractivity contribution in [2.24, 2.45) is 5.92 Å². The maximum Gasteiger partial charge on any atom is 0.241 e. The van der Waals surface area contributed by atoms with Crippen LogP contribution in [-0.4, -0.2) is 59.1 Å². The van der Waals surface area contributed by atoms with Gasteiger partial charge in [-0.3, -0.25) is 9.69 Å². The molecule has 1 saturated heterocycles. The molecule has 0 spiro atoms. The summed E-state index contributed by atoms with van der Waals surface area (Å²) in [6, 6.07) is 7.57. The molecule has 26 heavy (non-hydrogen) atoms. The molecule has 1 fully saturated rings. The summed E-state index contributed by atoms with van der Waals surface area (Å²) in [4.78, 5) is 20.8. The summed E-state index contributed by atoms with van der Waals surface area (Å²) in [6.07, 6.45) is 0.620. The van der Waals surface area contributed by atoms with Crippen LogP contribution in [0.1, 0.15) is 26.2 Å². The summed E-state index contributed by atoms with van der Waals surface area (Å²) in [5, 5.41) is 4.07. The lowest BCUT2D eigenvalue weighted by Crippen LogP contribution is -2.48. The van der Waals surface area contributed by atoms with Crippen LogP contribution in [0.15, 0.2) is 28.8 Å². The van der Waals surface area contributed by atoms with Gasteiger partial charge in [0.1, 0.15) is 5.75 Å². The fourth-order valence-corrected chi connectivity index (χ4v) is 3.00. The van der Waals surface area contributed by atoms with E-state index in [0.717, 1.165) is 37.5 Å². The summed E-state index contributed by atoms with van der Waals surface area (Å²) < 4.78 is 10.5. The molecule has 140 valence electrons. The minimum absolute atomic E-state index is 0.249. The number of aromatic nitrogens is 2. The van der Waals surface area contributed by atoms with Gasteiger partial charge in [0.15, 0.2) is 0 Å². The molecule has 0 N–H and O–H groups in total. The Morgan fingerprint density at radius 2 is 1.88 bits per heavy atom. The van der Waals surface area contributed by atoms with E-state index in [9.17, 15) is 4.79 Å². The highest BCUT2D eigenvalue weighted by molar-refractivity contribution is 5.76. The average Bonchev–Trinajstić information content (AvgIpc) is 3.10. The van der Waals surface area contributed by atoms with Gasteiger partial charge in [-0.15, -0.1) is 0 Å². The monoisotopic (exact) mass is 358 g/mol. The van der Waals surface area contributed by atoms with Gasteiger partial charge in [0, 0.05) is 38.2 Å². The zero-order valence-corrected chi connectivity index (χ0v) is 15.6. The van der Waals surface area contributed by atoms with Gasteiger partial charge in [-0.05, 0) is 30.2 Å². The van der Waals surface area contributed by atoms with Crippen molar-refractivity contribution in [3.8, 4) is 17.1 Å². The van der Waals surface area contributed by atoms with Gasteiger partial charge in [0.2, 0.25) is 17.6 Å². The first-order valence-corrected chi connectivity index (χ1v) is 9.02. The molecule has 0 radical (unpaired) electrons. The van der Waals surface area contributed by atoms with Crippen molar-refractivity contribution >= 4 is 5.91 Å². The van der Waals surface area contributed by atoms with Crippen molar-refractivity contribution in [1.82, 2.24) is 19.9 Å². The molecule has 0 bridgehead atoms. The summed E-state index contributed by atoms with van der Waals surface area (Å²) >= 11 is 0. The fourth-order valence-electron chi connectivity index (χ4n) is 3.00. The Labute approximate surface area is 153 Å². The molecule has 1 aromatic heterocycles. The van der Waals surface area contributed by atoms with Crippen LogP contribution < -0.4 is 4.74 Å². The van der Waals surface area contributed by atoms with Crippen molar-refractivity contribution in [3.63, 3.8) is 0 Å². The fraction of sp³-hybridized carbons (Fsp3) is 0.526. The second-order valence-corrected chi connectivity index (χ2v) is 7.00. The lowest BCUT2D eigenvalue weighted by molar-refractivity contribution is -0.133. The highest BCUT2D eigenvalue weighted by Crippen LogP contribution is 2.20. The second-order valence-electron chi connectivity index (χ2n) is 7.00. The quantitative estimate of drug-likeness (QED) is 0.790. The molecule has 0 unspecified atom stereocenters. The molecular weight excluding hydrogens is 332 g/mol. The SMILES string of the molecule is COc1ccc(-c2noc(CN3CCN(C(=O)CC(C)C)CC3)n2)cc1. The van der Waals surface area contributed by atoms with Crippen molar-refractivity contribution in [3.05, 3.63) is 30.2 Å². The lowest BCUT2D eigenvalue weighted by atomic mass is 10.1. The number of benzene rings is 1. The number of rotatable bonds is 6. The normalized spacial score (nSPS) is 15.5. The molecule has 2 heterocycles. The Kier molecular flexibility index (Phi) is 5.88. The van der Waals surface area contributed by atoms with E-state index in [1.807, 2.05) is 29.2 Å². The Bertz CT molecular complexity index is 719. The zero-order chi connectivity index (χ0) is 18.5. The Hall–Kier alpha value is -2.41. The van der Waals surface area contributed by atoms with E-state index in [0.29, 0.717) is 30.6 Å². The van der Waals surface area contributed by atoms with Gasteiger partial charge >= 0.3 is 0 Å². The highest BCUT2D eigenvalue weighted by Gasteiger charge is 2.23. The van der Waals surface area contributed by atoms with Crippen LogP contribution >= 0.6 is 0 Å². The molecule has 0 saturated carbocycles. The molecular formula is C19H26N4O3. The average molecular weight is 358 g/mol. The van der Waals surface area contributed by atoms with Crippen molar-refractivity contribution in [2.45, 2.75) is 26.8 Å². The van der Waals surface area contributed by atoms with Crippen molar-refractivity contribution in [2.75, 3.05) is 33.3 Å². The first-order valence-electron chi connectivity index (χ1n) is 9.02. The number of carbonyl (C=O) groups is 1. The highest BCUT2D eigenvalue weighted by atomic mass is 16.5. The number of ether oxygens (including phenoxy) is 1. The van der Waals surface area contributed by atoms with E-state index in [4.69, 9.17) is 9.26 Å². The molecule has 0 aliphatic carbocycles. The van der Waals surface area contributed by atoms with Crippen LogP contribution in [0.5, 0.6) is 5.75 Å². The molecule has 0 atom stereocenters. The van der Waals surface area contributed by atoms with Crippen LogP contribution in [-0.2, 0) is 11.3 Å². The minimum atomic E-state index is 0.249. The van der Waals surface area contributed by atoms with E-state index in [-0.39, 0.29) is 5.91 Å². The van der Waals surface area contributed by atoms with Crippen LogP contribution in [0.4, 0.5) is 0 Å². The Balaban J connectivity index is 1.53. The standard InChI is InChI=1S/C19H26N4O3/c1-14(2)12-18(24)23-10-8-22(9-11-23)13-17-20-19(21-26-17)15-4-6-16(25-3)7-5-15/h4-7,14H,8-13H2,1-3H3. The molecule has 7 heteroatoms. The number of methoxy groups -OCH3 is 1. The predicted molar refractivity (Wildman–Crippen MR) is 97.6 cm³/mol. The third kappa shape index (κ3) is 4.60. The lowest BCUT2D eigenvalue weighted by Gasteiger charge is -2.34. The zero-order valence-electron chi connectivity index (χ0n) is 15.6. The van der Waals surface area contributed by atoms with E-state index in [1.54, 1.807) is 7.11 Å². The largest absolute Gasteiger partial charge is 0.497 e. The van der Waals surface area contributed by atoms with E-state index in [1.165, 1.54) is 0 Å². The van der Waals surface area contributed by atoms with Gasteiger partial charge in [0.25, 0.3) is 0 Å². The second kappa shape index (κ2) is 8.31. The summed E-state index contributed by atoms with van der Waals surface area (Å²) in [5.74, 6) is 2.61. The van der Waals surface area contributed by atoms with Crippen LogP contribution in [0.3, 0.4) is 0 Å². The van der Waals surface area contributed by atoms with E-state index in [2.05, 4.69) is 28.9 Å². The summed E-state index contributed by atoms with van der Waals surface area (Å²) in [6.45, 7) is 7.91. The maximum atomic E-state index is 12.1. The van der Waals surface area contributed by atoms with Crippen molar-refractivity contribution < 1.29 is 14.1 Å². The van der Waals surface area contributed by atoms with Crippen LogP contribution in [0, 0.1) is 5.92 Å². The van der Waals surface area contributed by atoms with Gasteiger partial charge in [0.05, 0.1) is 13.7 Å². The minimum Gasteiger partial charge on any atom is -0.497 e. The predicted octanol–water partition coefficient (Wildman–Crippen LogP) is 2.44. The molecule has 1 aliphatic rings. The number of piperazine rings is 1. The number of hydrogen-bond acceptors (Lipinski definition) is 6. The van der Waals surface area contributed by atoms with Gasteiger partial charge in [-0.1, -0.05) is 19.0 Å². The smallest absolute Gasteiger partial charge is 0.241 e. The molecule has 1 aromatic carbocycles. The molecule has 7 nitrogen and oxygen atoms in total. The number of amides is 1. The third-order valence-electron chi connectivity index (χ3n) is 4.48. The van der Waals surface area contributed by atoms with Gasteiger partial charge in [-0.2, -0.15) is 4.98 Å². The molecule has 3 rings (SSSR count). The van der Waals surface area contributed by atoms with Crippen LogP contribution in [0.25, 0.3) is 11.4 Å². The number of hydrogen-bond donors (Lipinski definition) is 0. The molecule has 1 aliphatic heterocycles. The van der Waals surface area contributed by atoms with E-state index < -0.39 is 0 Å². The van der Waals surface area contributed by atoms with E-state index >= 15 is 0 Å². The third-order valence-corrected chi connectivity index (χ3v) is 4.48. The van der Waals surface area contributed by atoms with Crippen molar-refractivity contribution in [1.29, 1.82) is 0 Å². The first kappa shape index (κ1) is 18.4. The van der Waals surface area contributed by atoms with Crippen LogP contribution in [0.2, 0.25) is 0 Å². The first-order chi connectivity index (χ1) is 12.5. The number of carbonyl (C=O) groups excluding carboxylic acids is 1. The molecule has 1 amide bonds.